The van der Waals surface area contributed by atoms with Crippen LogP contribution in [0, 0.1) is 11.6 Å². The highest BCUT2D eigenvalue weighted by atomic mass is 19.1. The molecule has 0 fully saturated rings. The molecule has 174 valence electrons. The van der Waals surface area contributed by atoms with Crippen LogP contribution in [0.25, 0.3) is 22.3 Å². The molecule has 0 bridgehead atoms. The van der Waals surface area contributed by atoms with E-state index in [9.17, 15) is 18.4 Å². The first kappa shape index (κ1) is 24.4. The van der Waals surface area contributed by atoms with Crippen LogP contribution in [0.2, 0.25) is 0 Å². The quantitative estimate of drug-likeness (QED) is 0.249. The van der Waals surface area contributed by atoms with Crippen LogP contribution < -0.4 is 0 Å². The van der Waals surface area contributed by atoms with Gasteiger partial charge in [0.15, 0.2) is 6.29 Å². The number of aldehydes is 1. The van der Waals surface area contributed by atoms with E-state index in [0.29, 0.717) is 24.1 Å². The molecule has 1 aromatic heterocycles. The summed E-state index contributed by atoms with van der Waals surface area (Å²) in [7, 11) is 0. The van der Waals surface area contributed by atoms with Gasteiger partial charge in [0, 0.05) is 29.3 Å². The number of unbranched alkanes of at least 4 members (excludes halogenated alkanes) is 3. The number of nitrogens with zero attached hydrogens (tertiary/aromatic N) is 1. The van der Waals surface area contributed by atoms with E-state index in [4.69, 9.17) is 5.11 Å². The third-order valence-electron chi connectivity index (χ3n) is 5.79. The van der Waals surface area contributed by atoms with Crippen molar-refractivity contribution in [3.8, 4) is 22.3 Å². The summed E-state index contributed by atoms with van der Waals surface area (Å²) in [5, 5.41) is 8.83. The van der Waals surface area contributed by atoms with Crippen molar-refractivity contribution in [2.45, 2.75) is 58.4 Å². The molecule has 0 aliphatic rings. The van der Waals surface area contributed by atoms with E-state index in [0.717, 1.165) is 47.9 Å². The highest BCUT2D eigenvalue weighted by Gasteiger charge is 2.25. The van der Waals surface area contributed by atoms with Crippen molar-refractivity contribution in [3.63, 3.8) is 0 Å². The number of carbonyl (C=O) groups is 2. The van der Waals surface area contributed by atoms with Gasteiger partial charge in [-0.1, -0.05) is 37.1 Å². The number of carboxylic acids is 1. The van der Waals surface area contributed by atoms with Gasteiger partial charge in [-0.3, -0.25) is 9.59 Å². The van der Waals surface area contributed by atoms with Crippen molar-refractivity contribution in [1.29, 1.82) is 0 Å². The van der Waals surface area contributed by atoms with Crippen molar-refractivity contribution in [2.75, 3.05) is 0 Å². The topological polar surface area (TPSA) is 59.3 Å². The Morgan fingerprint density at radius 3 is 1.88 bits per heavy atom. The summed E-state index contributed by atoms with van der Waals surface area (Å²) in [6.45, 7) is 4.01. The van der Waals surface area contributed by atoms with Crippen LogP contribution in [0.4, 0.5) is 8.78 Å². The number of benzene rings is 2. The number of aromatic nitrogens is 1. The first-order valence-electron chi connectivity index (χ1n) is 11.3. The lowest BCUT2D eigenvalue weighted by molar-refractivity contribution is -0.137. The third kappa shape index (κ3) is 5.75. The van der Waals surface area contributed by atoms with Crippen molar-refractivity contribution in [1.82, 2.24) is 4.57 Å². The van der Waals surface area contributed by atoms with E-state index in [-0.39, 0.29) is 24.1 Å². The summed E-state index contributed by atoms with van der Waals surface area (Å²) in [5.74, 6) is -1.50. The number of halogens is 2. The van der Waals surface area contributed by atoms with Gasteiger partial charge < -0.3 is 9.67 Å². The molecule has 0 amide bonds. The van der Waals surface area contributed by atoms with Crippen molar-refractivity contribution < 1.29 is 23.5 Å². The van der Waals surface area contributed by atoms with Crippen LogP contribution in [-0.2, 0) is 11.2 Å². The first-order valence-corrected chi connectivity index (χ1v) is 11.3. The minimum atomic E-state index is -0.790. The molecule has 0 aliphatic heterocycles. The molecule has 1 heterocycles. The molecular formula is C27H29F2NO3. The molecular weight excluding hydrogens is 424 g/mol. The number of carboxylic acid groups (broad SMARTS) is 1. The smallest absolute Gasteiger partial charge is 0.303 e. The largest absolute Gasteiger partial charge is 0.481 e. The minimum absolute atomic E-state index is 0.000562. The number of aliphatic carboxylic acids is 1. The van der Waals surface area contributed by atoms with E-state index < -0.39 is 5.97 Å². The average molecular weight is 454 g/mol. The van der Waals surface area contributed by atoms with E-state index in [2.05, 4.69) is 0 Å². The molecule has 2 aromatic carbocycles. The molecule has 0 spiro atoms. The molecule has 6 heteroatoms. The molecule has 0 aliphatic carbocycles. The average Bonchev–Trinajstić information content (AvgIpc) is 3.11. The monoisotopic (exact) mass is 453 g/mol. The Balaban J connectivity index is 2.10. The summed E-state index contributed by atoms with van der Waals surface area (Å²) in [4.78, 5) is 23.1. The molecule has 33 heavy (non-hydrogen) atoms. The summed E-state index contributed by atoms with van der Waals surface area (Å²) in [6, 6.07) is 12.2. The van der Waals surface area contributed by atoms with Crippen molar-refractivity contribution in [2.24, 2.45) is 0 Å². The molecule has 0 saturated carbocycles. The third-order valence-corrected chi connectivity index (χ3v) is 5.79. The van der Waals surface area contributed by atoms with Gasteiger partial charge in [-0.05, 0) is 68.5 Å². The predicted molar refractivity (Wildman–Crippen MR) is 125 cm³/mol. The fraction of sp³-hybridized carbons (Fsp3) is 0.333. The summed E-state index contributed by atoms with van der Waals surface area (Å²) >= 11 is 0. The molecule has 0 atom stereocenters. The fourth-order valence-corrected chi connectivity index (χ4v) is 4.37. The summed E-state index contributed by atoms with van der Waals surface area (Å²) < 4.78 is 29.3. The van der Waals surface area contributed by atoms with Gasteiger partial charge in [-0.25, -0.2) is 8.78 Å². The zero-order valence-electron chi connectivity index (χ0n) is 19.0. The fourth-order valence-electron chi connectivity index (χ4n) is 4.37. The number of hydrogen-bond acceptors (Lipinski definition) is 2. The maximum absolute atomic E-state index is 13.7. The summed E-state index contributed by atoms with van der Waals surface area (Å²) in [6.07, 6.45) is 4.81. The predicted octanol–water partition coefficient (Wildman–Crippen LogP) is 7.07. The van der Waals surface area contributed by atoms with E-state index >= 15 is 0 Å². The molecule has 0 unspecified atom stereocenters. The standard InChI is InChI=1S/C27H29F2NO3/c1-18(2)30-23(7-5-3-4-6-8-25(32)33)26(19-9-13-21(28)14-10-19)27(24(30)17-31)20-11-15-22(29)16-12-20/h9-18H,3-8H2,1-2H3,(H,32,33). The highest BCUT2D eigenvalue weighted by Crippen LogP contribution is 2.42. The lowest BCUT2D eigenvalue weighted by Gasteiger charge is -2.16. The van der Waals surface area contributed by atoms with Crippen LogP contribution >= 0.6 is 0 Å². The van der Waals surface area contributed by atoms with Crippen molar-refractivity contribution >= 4 is 12.3 Å². The van der Waals surface area contributed by atoms with Crippen LogP contribution in [0.5, 0.6) is 0 Å². The first-order chi connectivity index (χ1) is 15.8. The summed E-state index contributed by atoms with van der Waals surface area (Å²) in [5.41, 5.74) is 4.56. The number of carbonyl (C=O) groups excluding carboxylic acids is 1. The zero-order valence-corrected chi connectivity index (χ0v) is 19.0. The van der Waals surface area contributed by atoms with Gasteiger partial charge >= 0.3 is 5.97 Å². The van der Waals surface area contributed by atoms with Gasteiger partial charge in [-0.2, -0.15) is 0 Å². The molecule has 1 N–H and O–H groups in total. The van der Waals surface area contributed by atoms with Gasteiger partial charge in [0.25, 0.3) is 0 Å². The van der Waals surface area contributed by atoms with Crippen LogP contribution in [-0.4, -0.2) is 21.9 Å². The molecule has 0 radical (unpaired) electrons. The Hall–Kier alpha value is -3.28. The number of hydrogen-bond donors (Lipinski definition) is 1. The lowest BCUT2D eigenvalue weighted by atomic mass is 9.93. The Morgan fingerprint density at radius 1 is 0.879 bits per heavy atom. The Bertz CT molecular complexity index is 1100. The minimum Gasteiger partial charge on any atom is -0.481 e. The van der Waals surface area contributed by atoms with Gasteiger partial charge in [0.2, 0.25) is 0 Å². The second kappa shape index (κ2) is 11.0. The lowest BCUT2D eigenvalue weighted by Crippen LogP contribution is -2.10. The Kier molecular flexibility index (Phi) is 8.15. The molecule has 4 nitrogen and oxygen atoms in total. The Morgan fingerprint density at radius 2 is 1.39 bits per heavy atom. The van der Waals surface area contributed by atoms with Crippen LogP contribution in [0.15, 0.2) is 48.5 Å². The SMILES string of the molecule is CC(C)n1c(C=O)c(-c2ccc(F)cc2)c(-c2ccc(F)cc2)c1CCCCCCC(=O)O. The van der Waals surface area contributed by atoms with Gasteiger partial charge in [0.05, 0.1) is 5.69 Å². The second-order valence-electron chi connectivity index (χ2n) is 8.49. The Labute approximate surface area is 192 Å². The van der Waals surface area contributed by atoms with Crippen molar-refractivity contribution in [3.05, 3.63) is 71.6 Å². The van der Waals surface area contributed by atoms with Crippen LogP contribution in [0.1, 0.15) is 68.2 Å². The normalized spacial score (nSPS) is 11.2. The number of rotatable bonds is 11. The van der Waals surface area contributed by atoms with E-state index in [1.165, 1.54) is 24.3 Å². The van der Waals surface area contributed by atoms with E-state index in [1.54, 1.807) is 24.3 Å². The van der Waals surface area contributed by atoms with Gasteiger partial charge in [-0.15, -0.1) is 0 Å². The van der Waals surface area contributed by atoms with Crippen LogP contribution in [0.3, 0.4) is 0 Å². The maximum atomic E-state index is 13.7. The maximum Gasteiger partial charge on any atom is 0.303 e. The van der Waals surface area contributed by atoms with Gasteiger partial charge in [0.1, 0.15) is 11.6 Å². The molecule has 0 saturated heterocycles. The van der Waals surface area contributed by atoms with E-state index in [1.807, 2.05) is 18.4 Å². The second-order valence-corrected chi connectivity index (χ2v) is 8.49. The molecule has 3 aromatic rings. The molecule has 3 rings (SSSR count). The highest BCUT2D eigenvalue weighted by molar-refractivity contribution is 5.97. The zero-order chi connectivity index (χ0) is 24.0.